The monoisotopic (exact) mass is 416 g/mol. The number of ether oxygens (including phenoxy) is 2. The van der Waals surface area contributed by atoms with Gasteiger partial charge in [0.1, 0.15) is 11.4 Å². The molecule has 2 aromatic rings. The van der Waals surface area contributed by atoms with E-state index in [0.717, 1.165) is 51.3 Å². The van der Waals surface area contributed by atoms with Crippen molar-refractivity contribution in [2.24, 2.45) is 0 Å². The first-order valence-corrected chi connectivity index (χ1v) is 9.92. The van der Waals surface area contributed by atoms with Crippen LogP contribution in [0.2, 0.25) is 0 Å². The zero-order valence-electron chi connectivity index (χ0n) is 17.1. The Labute approximate surface area is 179 Å². The smallest absolute Gasteiger partial charge is 0.337 e. The Morgan fingerprint density at radius 3 is 2.48 bits per heavy atom. The van der Waals surface area contributed by atoms with Crippen LogP contribution in [0.1, 0.15) is 34.3 Å². The average Bonchev–Trinajstić information content (AvgIpc) is 2.86. The number of carbonyl (C=O) groups is 1. The maximum absolute atomic E-state index is 11.7. The van der Waals surface area contributed by atoms with Gasteiger partial charge in [-0.2, -0.15) is 0 Å². The van der Waals surface area contributed by atoms with Crippen molar-refractivity contribution >= 4 is 18.4 Å². The van der Waals surface area contributed by atoms with Gasteiger partial charge < -0.3 is 14.4 Å². The summed E-state index contributed by atoms with van der Waals surface area (Å²) in [4.78, 5) is 16.5. The van der Waals surface area contributed by atoms with Crippen LogP contribution < -0.4 is 4.74 Å². The van der Waals surface area contributed by atoms with Crippen LogP contribution in [0.3, 0.4) is 0 Å². The van der Waals surface area contributed by atoms with Crippen LogP contribution in [-0.2, 0) is 17.8 Å². The van der Waals surface area contributed by atoms with Crippen molar-refractivity contribution in [2.75, 3.05) is 33.8 Å². The van der Waals surface area contributed by atoms with E-state index in [0.29, 0.717) is 5.56 Å². The largest absolute Gasteiger partial charge is 0.486 e. The zero-order valence-corrected chi connectivity index (χ0v) is 17.9. The molecule has 2 aromatic carbocycles. The van der Waals surface area contributed by atoms with E-state index in [1.54, 1.807) is 0 Å². The first-order valence-electron chi connectivity index (χ1n) is 9.92. The highest BCUT2D eigenvalue weighted by molar-refractivity contribution is 5.89. The molecule has 2 heterocycles. The highest BCUT2D eigenvalue weighted by Gasteiger charge is 2.40. The van der Waals surface area contributed by atoms with Gasteiger partial charge in [-0.15, -0.1) is 12.4 Å². The molecule has 0 bridgehead atoms. The number of rotatable bonds is 3. The number of piperidine rings is 1. The molecule has 0 aliphatic carbocycles. The first-order chi connectivity index (χ1) is 13.6. The normalized spacial score (nSPS) is 18.8. The predicted molar refractivity (Wildman–Crippen MR) is 116 cm³/mol. The molecular weight excluding hydrogens is 388 g/mol. The molecule has 5 nitrogen and oxygen atoms in total. The van der Waals surface area contributed by atoms with E-state index >= 15 is 0 Å². The maximum Gasteiger partial charge on any atom is 0.337 e. The number of halogens is 1. The molecule has 0 atom stereocenters. The Morgan fingerprint density at radius 2 is 1.79 bits per heavy atom. The highest BCUT2D eigenvalue weighted by atomic mass is 35.5. The maximum atomic E-state index is 11.7. The standard InChI is InChI=1S/C23H28N2O3.ClH/c1-24-13-11-23(12-14-24)17-25(16-20-5-3-4-6-21(20)28-23)15-18-7-9-19(10-8-18)22(26)27-2;/h3-10H,11-17H2,1-2H3;1H. The number of benzene rings is 2. The van der Waals surface area contributed by atoms with E-state index in [4.69, 9.17) is 9.47 Å². The third kappa shape index (κ3) is 4.92. The van der Waals surface area contributed by atoms with E-state index in [9.17, 15) is 4.79 Å². The minimum Gasteiger partial charge on any atom is -0.486 e. The van der Waals surface area contributed by atoms with E-state index in [1.807, 2.05) is 24.3 Å². The molecule has 6 heteroatoms. The van der Waals surface area contributed by atoms with E-state index in [2.05, 4.69) is 41.1 Å². The Kier molecular flexibility index (Phi) is 6.83. The van der Waals surface area contributed by atoms with Crippen molar-refractivity contribution < 1.29 is 14.3 Å². The van der Waals surface area contributed by atoms with Crippen LogP contribution >= 0.6 is 12.4 Å². The number of esters is 1. The van der Waals surface area contributed by atoms with Gasteiger partial charge >= 0.3 is 5.97 Å². The topological polar surface area (TPSA) is 42.0 Å². The zero-order chi connectivity index (χ0) is 19.6. The summed E-state index contributed by atoms with van der Waals surface area (Å²) < 4.78 is 11.4. The predicted octanol–water partition coefficient (Wildman–Crippen LogP) is 3.75. The van der Waals surface area contributed by atoms with Gasteiger partial charge in [-0.3, -0.25) is 4.90 Å². The van der Waals surface area contributed by atoms with Crippen LogP contribution in [0.5, 0.6) is 5.75 Å². The number of carbonyl (C=O) groups excluding carboxylic acids is 1. The van der Waals surface area contributed by atoms with E-state index < -0.39 is 0 Å². The van der Waals surface area contributed by atoms with Gasteiger partial charge in [0.15, 0.2) is 0 Å². The van der Waals surface area contributed by atoms with Crippen LogP contribution in [0, 0.1) is 0 Å². The molecule has 0 amide bonds. The summed E-state index contributed by atoms with van der Waals surface area (Å²) in [5.41, 5.74) is 2.88. The van der Waals surface area contributed by atoms with Gasteiger partial charge in [-0.25, -0.2) is 4.79 Å². The molecule has 156 valence electrons. The van der Waals surface area contributed by atoms with E-state index in [1.165, 1.54) is 18.2 Å². The molecule has 1 spiro atoms. The van der Waals surface area contributed by atoms with E-state index in [-0.39, 0.29) is 24.0 Å². The molecule has 2 aliphatic heterocycles. The Morgan fingerprint density at radius 1 is 1.10 bits per heavy atom. The molecule has 4 rings (SSSR count). The molecule has 1 saturated heterocycles. The summed E-state index contributed by atoms with van der Waals surface area (Å²) in [5.74, 6) is 0.726. The molecule has 2 aliphatic rings. The van der Waals surface area contributed by atoms with Crippen LogP contribution in [0.4, 0.5) is 0 Å². The van der Waals surface area contributed by atoms with Gasteiger partial charge in [0.25, 0.3) is 0 Å². The lowest BCUT2D eigenvalue weighted by atomic mass is 9.90. The quantitative estimate of drug-likeness (QED) is 0.713. The molecule has 0 aromatic heterocycles. The highest BCUT2D eigenvalue weighted by Crippen LogP contribution is 2.35. The summed E-state index contributed by atoms with van der Waals surface area (Å²) in [5, 5.41) is 0. The lowest BCUT2D eigenvalue weighted by Gasteiger charge is -2.42. The number of nitrogens with zero attached hydrogens (tertiary/aromatic N) is 2. The lowest BCUT2D eigenvalue weighted by Crippen LogP contribution is -2.52. The Balaban J connectivity index is 0.00000240. The van der Waals surface area contributed by atoms with Crippen molar-refractivity contribution in [3.05, 3.63) is 65.2 Å². The third-order valence-electron chi connectivity index (χ3n) is 5.88. The van der Waals surface area contributed by atoms with Crippen LogP contribution in [-0.4, -0.2) is 55.2 Å². The minimum atomic E-state index is -0.297. The van der Waals surface area contributed by atoms with Crippen molar-refractivity contribution in [3.63, 3.8) is 0 Å². The summed E-state index contributed by atoms with van der Waals surface area (Å²) in [7, 11) is 3.59. The number of hydrogen-bond acceptors (Lipinski definition) is 5. The van der Waals surface area contributed by atoms with Crippen molar-refractivity contribution in [1.82, 2.24) is 9.80 Å². The Hall–Kier alpha value is -2.08. The van der Waals surface area contributed by atoms with Gasteiger partial charge in [0.05, 0.1) is 12.7 Å². The summed E-state index contributed by atoms with van der Waals surface area (Å²) in [6.07, 6.45) is 2.07. The minimum absolute atomic E-state index is 0. The molecule has 29 heavy (non-hydrogen) atoms. The fourth-order valence-corrected chi connectivity index (χ4v) is 4.22. The van der Waals surface area contributed by atoms with Crippen LogP contribution in [0.15, 0.2) is 48.5 Å². The Bertz CT molecular complexity index is 832. The van der Waals surface area contributed by atoms with Crippen molar-refractivity contribution in [3.8, 4) is 5.75 Å². The van der Waals surface area contributed by atoms with Gasteiger partial charge in [-0.05, 0) is 30.8 Å². The number of para-hydroxylation sites is 1. The van der Waals surface area contributed by atoms with Gasteiger partial charge in [0, 0.05) is 51.1 Å². The molecule has 0 saturated carbocycles. The second-order valence-electron chi connectivity index (χ2n) is 8.03. The second-order valence-corrected chi connectivity index (χ2v) is 8.03. The van der Waals surface area contributed by atoms with Gasteiger partial charge in [0.2, 0.25) is 0 Å². The van der Waals surface area contributed by atoms with Gasteiger partial charge in [-0.1, -0.05) is 30.3 Å². The fraction of sp³-hybridized carbons (Fsp3) is 0.435. The average molecular weight is 417 g/mol. The number of hydrogen-bond donors (Lipinski definition) is 0. The molecule has 0 unspecified atom stereocenters. The SMILES string of the molecule is COC(=O)c1ccc(CN2Cc3ccccc3OC3(CCN(C)CC3)C2)cc1.Cl. The third-order valence-corrected chi connectivity index (χ3v) is 5.88. The summed E-state index contributed by atoms with van der Waals surface area (Å²) >= 11 is 0. The van der Waals surface area contributed by atoms with Crippen molar-refractivity contribution in [2.45, 2.75) is 31.5 Å². The first kappa shape index (κ1) is 21.6. The van der Waals surface area contributed by atoms with Crippen LogP contribution in [0.25, 0.3) is 0 Å². The molecule has 0 N–H and O–H groups in total. The number of methoxy groups -OCH3 is 1. The number of fused-ring (bicyclic) bond motifs is 1. The molecule has 1 fully saturated rings. The summed E-state index contributed by atoms with van der Waals surface area (Å²) in [6, 6.07) is 16.1. The molecule has 0 radical (unpaired) electrons. The molecular formula is C23H29ClN2O3. The summed E-state index contributed by atoms with van der Waals surface area (Å²) in [6.45, 7) is 4.73. The van der Waals surface area contributed by atoms with Crippen molar-refractivity contribution in [1.29, 1.82) is 0 Å². The number of likely N-dealkylation sites (tertiary alicyclic amines) is 1. The second kappa shape index (κ2) is 9.16. The lowest BCUT2D eigenvalue weighted by molar-refractivity contribution is -0.0146. The fourth-order valence-electron chi connectivity index (χ4n) is 4.22.